The molecule has 0 fully saturated rings. The summed E-state index contributed by atoms with van der Waals surface area (Å²) in [6, 6.07) is 68.8. The number of rotatable bonds is 5. The molecule has 0 aliphatic rings. The SMILES string of the molecule is c1ccc(-c2nc(-c3ccc(-c4ccc5ccccc5c4)cc3)nc(-c3cc(-n4c5ccccc5c5cc6ccccc6cc54)c4ccccc4c3)n2)cc1. The van der Waals surface area contributed by atoms with Crippen molar-refractivity contribution in [1.82, 2.24) is 19.5 Å². The van der Waals surface area contributed by atoms with E-state index in [2.05, 4.69) is 180 Å². The Morgan fingerprint density at radius 2 is 0.782 bits per heavy atom. The monoisotopic (exact) mass is 700 g/mol. The first-order valence-corrected chi connectivity index (χ1v) is 18.6. The average molecular weight is 701 g/mol. The lowest BCUT2D eigenvalue weighted by molar-refractivity contribution is 1.07. The molecule has 2 heterocycles. The van der Waals surface area contributed by atoms with Crippen LogP contribution in [0, 0.1) is 0 Å². The van der Waals surface area contributed by atoms with E-state index in [9.17, 15) is 0 Å². The molecule has 0 N–H and O–H groups in total. The highest BCUT2D eigenvalue weighted by Gasteiger charge is 2.19. The van der Waals surface area contributed by atoms with Gasteiger partial charge in [-0.05, 0) is 74.5 Å². The predicted octanol–water partition coefficient (Wildman–Crippen LogP) is 13.1. The van der Waals surface area contributed by atoms with Gasteiger partial charge in [-0.2, -0.15) is 0 Å². The van der Waals surface area contributed by atoms with Crippen LogP contribution in [0.2, 0.25) is 0 Å². The molecule has 0 aliphatic carbocycles. The molecule has 0 saturated carbocycles. The van der Waals surface area contributed by atoms with Gasteiger partial charge >= 0.3 is 0 Å². The fourth-order valence-electron chi connectivity index (χ4n) is 8.05. The van der Waals surface area contributed by atoms with Gasteiger partial charge in [0.2, 0.25) is 0 Å². The smallest absolute Gasteiger partial charge is 0.164 e. The zero-order valence-electron chi connectivity index (χ0n) is 29.8. The van der Waals surface area contributed by atoms with Crippen LogP contribution in [0.4, 0.5) is 0 Å². The molecule has 256 valence electrons. The van der Waals surface area contributed by atoms with E-state index >= 15 is 0 Å². The molecule has 9 aromatic carbocycles. The Bertz CT molecular complexity index is 3250. The van der Waals surface area contributed by atoms with E-state index in [0.29, 0.717) is 17.5 Å². The number of fused-ring (bicyclic) bond motifs is 6. The summed E-state index contributed by atoms with van der Waals surface area (Å²) in [6.07, 6.45) is 0. The van der Waals surface area contributed by atoms with Gasteiger partial charge in [0, 0.05) is 32.8 Å². The summed E-state index contributed by atoms with van der Waals surface area (Å²) in [5, 5.41) is 9.62. The maximum absolute atomic E-state index is 5.21. The van der Waals surface area contributed by atoms with Crippen molar-refractivity contribution in [3.05, 3.63) is 194 Å². The van der Waals surface area contributed by atoms with Crippen molar-refractivity contribution in [2.75, 3.05) is 0 Å². The Labute approximate surface area is 317 Å². The van der Waals surface area contributed by atoms with Crippen LogP contribution in [-0.2, 0) is 0 Å². The van der Waals surface area contributed by atoms with Crippen LogP contribution in [-0.4, -0.2) is 19.5 Å². The van der Waals surface area contributed by atoms with Crippen molar-refractivity contribution in [3.63, 3.8) is 0 Å². The van der Waals surface area contributed by atoms with Gasteiger partial charge in [0.25, 0.3) is 0 Å². The summed E-state index contributed by atoms with van der Waals surface area (Å²) in [5.74, 6) is 1.89. The molecule has 4 heteroatoms. The first-order valence-electron chi connectivity index (χ1n) is 18.6. The van der Waals surface area contributed by atoms with E-state index in [4.69, 9.17) is 15.0 Å². The van der Waals surface area contributed by atoms with Crippen LogP contribution < -0.4 is 0 Å². The minimum atomic E-state index is 0.626. The third kappa shape index (κ3) is 5.34. The number of nitrogens with zero attached hydrogens (tertiary/aromatic N) is 4. The van der Waals surface area contributed by atoms with Gasteiger partial charge in [0.05, 0.1) is 16.7 Å². The molecule has 11 aromatic rings. The quantitative estimate of drug-likeness (QED) is 0.179. The first-order chi connectivity index (χ1) is 27.2. The summed E-state index contributed by atoms with van der Waals surface area (Å²) in [4.78, 5) is 15.4. The first kappa shape index (κ1) is 31.1. The minimum absolute atomic E-state index is 0.626. The van der Waals surface area contributed by atoms with E-state index in [-0.39, 0.29) is 0 Å². The zero-order valence-corrected chi connectivity index (χ0v) is 29.8. The second-order valence-electron chi connectivity index (χ2n) is 14.1. The third-order valence-corrected chi connectivity index (χ3v) is 10.8. The van der Waals surface area contributed by atoms with Crippen LogP contribution in [0.5, 0.6) is 0 Å². The Morgan fingerprint density at radius 1 is 0.273 bits per heavy atom. The number of benzene rings is 9. The lowest BCUT2D eigenvalue weighted by Gasteiger charge is -2.15. The molecular weight excluding hydrogens is 669 g/mol. The minimum Gasteiger partial charge on any atom is -0.309 e. The van der Waals surface area contributed by atoms with Crippen molar-refractivity contribution in [2.45, 2.75) is 0 Å². The van der Waals surface area contributed by atoms with E-state index in [1.54, 1.807) is 0 Å². The molecule has 55 heavy (non-hydrogen) atoms. The molecule has 0 radical (unpaired) electrons. The molecule has 0 atom stereocenters. The van der Waals surface area contributed by atoms with Gasteiger partial charge in [-0.15, -0.1) is 0 Å². The van der Waals surface area contributed by atoms with Crippen molar-refractivity contribution >= 4 is 54.1 Å². The maximum atomic E-state index is 5.21. The van der Waals surface area contributed by atoms with Crippen LogP contribution in [0.15, 0.2) is 194 Å². The van der Waals surface area contributed by atoms with Gasteiger partial charge < -0.3 is 4.57 Å². The lowest BCUT2D eigenvalue weighted by Crippen LogP contribution is -2.02. The molecule has 0 bridgehead atoms. The van der Waals surface area contributed by atoms with Gasteiger partial charge in [-0.1, -0.05) is 158 Å². The summed E-state index contributed by atoms with van der Waals surface area (Å²) in [7, 11) is 0. The van der Waals surface area contributed by atoms with Gasteiger partial charge in [-0.3, -0.25) is 0 Å². The zero-order chi connectivity index (χ0) is 36.3. The van der Waals surface area contributed by atoms with E-state index in [1.807, 2.05) is 18.2 Å². The van der Waals surface area contributed by atoms with Gasteiger partial charge in [0.15, 0.2) is 17.5 Å². The lowest BCUT2D eigenvalue weighted by atomic mass is 10.00. The number of hydrogen-bond acceptors (Lipinski definition) is 3. The fourth-order valence-corrected chi connectivity index (χ4v) is 8.05. The molecule has 4 nitrogen and oxygen atoms in total. The predicted molar refractivity (Wildman–Crippen MR) is 228 cm³/mol. The maximum Gasteiger partial charge on any atom is 0.164 e. The number of hydrogen-bond donors (Lipinski definition) is 0. The summed E-state index contributed by atoms with van der Waals surface area (Å²) in [6.45, 7) is 0. The van der Waals surface area contributed by atoms with Gasteiger partial charge in [0.1, 0.15) is 0 Å². The second-order valence-corrected chi connectivity index (χ2v) is 14.1. The van der Waals surface area contributed by atoms with Crippen molar-refractivity contribution in [2.24, 2.45) is 0 Å². The molecule has 0 aliphatic heterocycles. The van der Waals surface area contributed by atoms with Gasteiger partial charge in [-0.25, -0.2) is 15.0 Å². The molecule has 0 unspecified atom stereocenters. The Kier molecular flexibility index (Phi) is 7.14. The highest BCUT2D eigenvalue weighted by molar-refractivity contribution is 6.14. The van der Waals surface area contributed by atoms with Crippen LogP contribution in [0.3, 0.4) is 0 Å². The summed E-state index contributed by atoms with van der Waals surface area (Å²) in [5.41, 5.74) is 8.51. The Hall–Kier alpha value is -7.43. The fraction of sp³-hybridized carbons (Fsp3) is 0. The molecular formula is C51H32N4. The highest BCUT2D eigenvalue weighted by Crippen LogP contribution is 2.39. The largest absolute Gasteiger partial charge is 0.309 e. The molecule has 0 saturated heterocycles. The molecule has 0 amide bonds. The van der Waals surface area contributed by atoms with E-state index in [1.165, 1.54) is 37.9 Å². The van der Waals surface area contributed by atoms with Crippen molar-refractivity contribution < 1.29 is 0 Å². The highest BCUT2D eigenvalue weighted by atomic mass is 15.0. The normalized spacial score (nSPS) is 11.6. The topological polar surface area (TPSA) is 43.6 Å². The van der Waals surface area contributed by atoms with Crippen LogP contribution in [0.1, 0.15) is 0 Å². The summed E-state index contributed by atoms with van der Waals surface area (Å²) >= 11 is 0. The number of para-hydroxylation sites is 1. The van der Waals surface area contributed by atoms with E-state index < -0.39 is 0 Å². The van der Waals surface area contributed by atoms with Crippen LogP contribution in [0.25, 0.3) is 105 Å². The van der Waals surface area contributed by atoms with Crippen molar-refractivity contribution in [3.8, 4) is 51.0 Å². The number of aromatic nitrogens is 4. The average Bonchev–Trinajstić information content (AvgIpc) is 3.58. The van der Waals surface area contributed by atoms with Crippen LogP contribution >= 0.6 is 0 Å². The Balaban J connectivity index is 1.11. The molecule has 11 rings (SSSR count). The summed E-state index contributed by atoms with van der Waals surface area (Å²) < 4.78 is 2.41. The second kappa shape index (κ2) is 12.6. The molecule has 2 aromatic heterocycles. The molecule has 0 spiro atoms. The Morgan fingerprint density at radius 3 is 1.53 bits per heavy atom. The third-order valence-electron chi connectivity index (χ3n) is 10.8. The standard InChI is InChI=1S/C51H32N4/c1-2-13-35(14-3-1)49-52-50(36-25-22-34(23-26-36)40-27-24-33-12-4-5-15-37(33)28-40)54-51(53-49)42-29-41-18-8-9-19-43(41)47(32-42)55-46-21-11-10-20-44(46)45-30-38-16-6-7-17-39(38)31-48(45)55/h1-32H. The van der Waals surface area contributed by atoms with Crippen molar-refractivity contribution in [1.29, 1.82) is 0 Å². The van der Waals surface area contributed by atoms with E-state index in [0.717, 1.165) is 49.7 Å².